The van der Waals surface area contributed by atoms with Crippen molar-refractivity contribution < 1.29 is 32.2 Å². The fourth-order valence-corrected chi connectivity index (χ4v) is 3.88. The third kappa shape index (κ3) is 4.89. The Morgan fingerprint density at radius 3 is 2.34 bits per heavy atom. The zero-order chi connectivity index (χ0) is 25.1. The van der Waals surface area contributed by atoms with E-state index in [9.17, 15) is 22.8 Å². The van der Waals surface area contributed by atoms with Gasteiger partial charge < -0.3 is 9.47 Å². The molecule has 1 unspecified atom stereocenters. The number of aryl methyl sites for hydroxylation is 1. The predicted molar refractivity (Wildman–Crippen MR) is 121 cm³/mol. The van der Waals surface area contributed by atoms with Crippen molar-refractivity contribution in [1.82, 2.24) is 9.38 Å². The van der Waals surface area contributed by atoms with Crippen LogP contribution in [0.15, 0.2) is 60.8 Å². The Morgan fingerprint density at radius 2 is 1.69 bits per heavy atom. The number of hydrogen-bond acceptors (Lipinski definition) is 5. The van der Waals surface area contributed by atoms with E-state index in [4.69, 9.17) is 9.47 Å². The number of imidazole rings is 1. The van der Waals surface area contributed by atoms with Crippen LogP contribution in [-0.4, -0.2) is 28.2 Å². The van der Waals surface area contributed by atoms with E-state index in [1.807, 2.05) is 0 Å². The van der Waals surface area contributed by atoms with E-state index < -0.39 is 35.1 Å². The number of rotatable bonds is 8. The molecule has 4 aromatic rings. The Balaban J connectivity index is 1.64. The number of nitrogens with zero attached hydrogens (tertiary/aromatic N) is 2. The molecule has 9 heteroatoms. The Bertz CT molecular complexity index is 1380. The summed E-state index contributed by atoms with van der Waals surface area (Å²) in [5.74, 6) is -3.69. The molecule has 0 aliphatic carbocycles. The molecular weight excluding hydrogens is 461 g/mol. The van der Waals surface area contributed by atoms with Crippen molar-refractivity contribution in [2.45, 2.75) is 25.9 Å². The molecule has 0 saturated heterocycles. The topological polar surface area (TPSA) is 69.9 Å². The van der Waals surface area contributed by atoms with Gasteiger partial charge in [-0.25, -0.2) is 18.2 Å². The number of esters is 1. The molecule has 180 valence electrons. The second kappa shape index (κ2) is 10.0. The van der Waals surface area contributed by atoms with Crippen LogP contribution < -0.4 is 4.74 Å². The number of Topliss-reactive ketones (excluding diaryl/α,β-unsaturated/α-hetero) is 1. The number of fused-ring (bicyclic) bond motifs is 1. The van der Waals surface area contributed by atoms with Crippen LogP contribution in [0.5, 0.6) is 5.75 Å². The number of methoxy groups -OCH3 is 1. The van der Waals surface area contributed by atoms with Gasteiger partial charge in [-0.2, -0.15) is 0 Å². The van der Waals surface area contributed by atoms with Crippen molar-refractivity contribution in [3.63, 3.8) is 0 Å². The molecule has 2 heterocycles. The Labute approximate surface area is 198 Å². The maximum Gasteiger partial charge on any atom is 0.313 e. The summed E-state index contributed by atoms with van der Waals surface area (Å²) < 4.78 is 53.3. The van der Waals surface area contributed by atoms with E-state index in [2.05, 4.69) is 4.98 Å². The molecule has 35 heavy (non-hydrogen) atoms. The summed E-state index contributed by atoms with van der Waals surface area (Å²) in [6.45, 7) is 1.26. The standard InChI is InChI=1S/C26H21F3N2O4/c1-15-24(22(32)13-18(26(33)34-2)16-8-10-17(27)11-9-16)31-12-4-7-23(25(31)30-15)35-14-19-20(28)5-3-6-21(19)29/h3-12,18H,13-14H2,1-2H3. The first-order chi connectivity index (χ1) is 16.8. The quantitative estimate of drug-likeness (QED) is 0.256. The van der Waals surface area contributed by atoms with Gasteiger partial charge in [0.15, 0.2) is 17.2 Å². The lowest BCUT2D eigenvalue weighted by Gasteiger charge is -2.15. The Kier molecular flexibility index (Phi) is 6.86. The molecule has 0 aliphatic heterocycles. The summed E-state index contributed by atoms with van der Waals surface area (Å²) in [5, 5.41) is 0. The minimum absolute atomic E-state index is 0.221. The number of benzene rings is 2. The highest BCUT2D eigenvalue weighted by Crippen LogP contribution is 2.28. The van der Waals surface area contributed by atoms with Gasteiger partial charge in [0.05, 0.1) is 24.3 Å². The fraction of sp³-hybridized carbons (Fsp3) is 0.192. The third-order valence-electron chi connectivity index (χ3n) is 5.63. The number of aromatic nitrogens is 2. The van der Waals surface area contributed by atoms with Gasteiger partial charge in [0.1, 0.15) is 29.8 Å². The van der Waals surface area contributed by atoms with Crippen molar-refractivity contribution in [1.29, 1.82) is 0 Å². The van der Waals surface area contributed by atoms with E-state index in [-0.39, 0.29) is 35.7 Å². The molecule has 2 aromatic heterocycles. The van der Waals surface area contributed by atoms with Crippen LogP contribution in [0.25, 0.3) is 5.65 Å². The summed E-state index contributed by atoms with van der Waals surface area (Å²) >= 11 is 0. The highest BCUT2D eigenvalue weighted by molar-refractivity contribution is 5.99. The van der Waals surface area contributed by atoms with E-state index >= 15 is 0 Å². The molecule has 0 amide bonds. The molecule has 1 atom stereocenters. The smallest absolute Gasteiger partial charge is 0.313 e. The van der Waals surface area contributed by atoms with Gasteiger partial charge in [-0.05, 0) is 48.9 Å². The predicted octanol–water partition coefficient (Wildman–Crippen LogP) is 5.17. The lowest BCUT2D eigenvalue weighted by atomic mass is 9.92. The molecule has 0 radical (unpaired) electrons. The summed E-state index contributed by atoms with van der Waals surface area (Å²) in [6.07, 6.45) is 1.36. The number of ketones is 1. The number of halogens is 3. The number of ether oxygens (including phenoxy) is 2. The minimum atomic E-state index is -0.943. The number of hydrogen-bond donors (Lipinski definition) is 0. The van der Waals surface area contributed by atoms with E-state index in [0.717, 1.165) is 12.1 Å². The third-order valence-corrected chi connectivity index (χ3v) is 5.63. The second-order valence-corrected chi connectivity index (χ2v) is 7.86. The molecule has 0 fully saturated rings. The van der Waals surface area contributed by atoms with E-state index in [0.29, 0.717) is 11.3 Å². The maximum absolute atomic E-state index is 14.0. The summed E-state index contributed by atoms with van der Waals surface area (Å²) in [5.41, 5.74) is 1.09. The average molecular weight is 482 g/mol. The van der Waals surface area contributed by atoms with Crippen molar-refractivity contribution >= 4 is 17.4 Å². The van der Waals surface area contributed by atoms with Crippen LogP contribution in [-0.2, 0) is 16.1 Å². The first-order valence-electron chi connectivity index (χ1n) is 10.7. The zero-order valence-electron chi connectivity index (χ0n) is 18.9. The van der Waals surface area contributed by atoms with Crippen LogP contribution >= 0.6 is 0 Å². The van der Waals surface area contributed by atoms with Crippen LogP contribution in [0.1, 0.15) is 39.6 Å². The Morgan fingerprint density at radius 1 is 1.00 bits per heavy atom. The number of pyridine rings is 1. The van der Waals surface area contributed by atoms with Crippen molar-refractivity contribution in [2.75, 3.05) is 7.11 Å². The normalized spacial score (nSPS) is 11.9. The van der Waals surface area contributed by atoms with Gasteiger partial charge in [0.2, 0.25) is 0 Å². The van der Waals surface area contributed by atoms with Crippen LogP contribution in [0.3, 0.4) is 0 Å². The maximum atomic E-state index is 14.0. The second-order valence-electron chi connectivity index (χ2n) is 7.86. The zero-order valence-corrected chi connectivity index (χ0v) is 18.9. The molecule has 0 N–H and O–H groups in total. The van der Waals surface area contributed by atoms with Gasteiger partial charge in [0.25, 0.3) is 0 Å². The summed E-state index contributed by atoms with van der Waals surface area (Å²) in [4.78, 5) is 30.1. The van der Waals surface area contributed by atoms with Gasteiger partial charge in [-0.1, -0.05) is 18.2 Å². The first-order valence-corrected chi connectivity index (χ1v) is 10.7. The molecule has 0 spiro atoms. The largest absolute Gasteiger partial charge is 0.485 e. The van der Waals surface area contributed by atoms with Gasteiger partial charge >= 0.3 is 5.97 Å². The Hall–Kier alpha value is -4.14. The fourth-order valence-electron chi connectivity index (χ4n) is 3.88. The molecule has 4 rings (SSSR count). The summed E-state index contributed by atoms with van der Waals surface area (Å²) in [7, 11) is 1.21. The molecule has 2 aromatic carbocycles. The number of carbonyl (C=O) groups is 2. The first kappa shape index (κ1) is 24.0. The number of carbonyl (C=O) groups excluding carboxylic acids is 2. The highest BCUT2D eigenvalue weighted by atomic mass is 19.1. The monoisotopic (exact) mass is 482 g/mol. The lowest BCUT2D eigenvalue weighted by Crippen LogP contribution is -2.19. The summed E-state index contributed by atoms with van der Waals surface area (Å²) in [6, 6.07) is 12.0. The SMILES string of the molecule is COC(=O)C(CC(=O)c1c(C)nc2c(OCc3c(F)cccc3F)cccn12)c1ccc(F)cc1. The van der Waals surface area contributed by atoms with E-state index in [1.165, 1.54) is 41.8 Å². The minimum Gasteiger partial charge on any atom is -0.485 e. The van der Waals surface area contributed by atoms with Crippen molar-refractivity contribution in [3.8, 4) is 5.75 Å². The van der Waals surface area contributed by atoms with Crippen LogP contribution in [0.2, 0.25) is 0 Å². The molecular formula is C26H21F3N2O4. The van der Waals surface area contributed by atoms with E-state index in [1.54, 1.807) is 25.3 Å². The van der Waals surface area contributed by atoms with Gasteiger partial charge in [-0.3, -0.25) is 14.0 Å². The molecule has 6 nitrogen and oxygen atoms in total. The molecule has 0 saturated carbocycles. The lowest BCUT2D eigenvalue weighted by molar-refractivity contribution is -0.142. The molecule has 0 aliphatic rings. The average Bonchev–Trinajstić information content (AvgIpc) is 3.19. The van der Waals surface area contributed by atoms with Crippen molar-refractivity contribution in [3.05, 3.63) is 101 Å². The molecule has 0 bridgehead atoms. The highest BCUT2D eigenvalue weighted by Gasteiger charge is 2.28. The van der Waals surface area contributed by atoms with Gasteiger partial charge in [-0.15, -0.1) is 0 Å². The van der Waals surface area contributed by atoms with Crippen LogP contribution in [0, 0.1) is 24.4 Å². The van der Waals surface area contributed by atoms with Gasteiger partial charge in [0, 0.05) is 12.6 Å². The van der Waals surface area contributed by atoms with Crippen LogP contribution in [0.4, 0.5) is 13.2 Å². The van der Waals surface area contributed by atoms with Crippen molar-refractivity contribution in [2.24, 2.45) is 0 Å².